The molecule has 1 fully saturated rings. The van der Waals surface area contributed by atoms with E-state index in [1.807, 2.05) is 0 Å². The van der Waals surface area contributed by atoms with E-state index in [0.29, 0.717) is 6.54 Å². The first-order valence-corrected chi connectivity index (χ1v) is 5.91. The second kappa shape index (κ2) is 6.80. The minimum Gasteiger partial charge on any atom is -0.364 e. The van der Waals surface area contributed by atoms with Gasteiger partial charge in [-0.1, -0.05) is 19.8 Å². The second-order valence-corrected chi connectivity index (χ2v) is 4.06. The maximum absolute atomic E-state index is 11.6. The lowest BCUT2D eigenvalue weighted by Crippen LogP contribution is -2.36. The van der Waals surface area contributed by atoms with Crippen LogP contribution < -0.4 is 11.1 Å². The van der Waals surface area contributed by atoms with Crippen molar-refractivity contribution in [3.05, 3.63) is 0 Å². The van der Waals surface area contributed by atoms with E-state index in [4.69, 9.17) is 10.5 Å². The third-order valence-electron chi connectivity index (χ3n) is 2.74. The van der Waals surface area contributed by atoms with Crippen molar-refractivity contribution in [3.8, 4) is 0 Å². The summed E-state index contributed by atoms with van der Waals surface area (Å²) in [6.45, 7) is 3.42. The Labute approximate surface area is 91.5 Å². The molecule has 1 amide bonds. The first-order valence-electron chi connectivity index (χ1n) is 5.91. The van der Waals surface area contributed by atoms with Crippen LogP contribution in [0.5, 0.6) is 0 Å². The normalized spacial score (nSPS) is 25.5. The van der Waals surface area contributed by atoms with Crippen molar-refractivity contribution in [2.24, 2.45) is 5.73 Å². The third kappa shape index (κ3) is 4.18. The minimum atomic E-state index is -0.264. The van der Waals surface area contributed by atoms with Gasteiger partial charge in [0.1, 0.15) is 6.10 Å². The SMILES string of the molecule is CCCCCNC(=O)[C@@H]1CC[C@H](CN)O1. The molecule has 0 spiro atoms. The molecule has 4 heteroatoms. The topological polar surface area (TPSA) is 64.4 Å². The first kappa shape index (κ1) is 12.5. The third-order valence-corrected chi connectivity index (χ3v) is 2.74. The summed E-state index contributed by atoms with van der Waals surface area (Å²) in [6, 6.07) is 0. The van der Waals surface area contributed by atoms with E-state index in [1.165, 1.54) is 6.42 Å². The van der Waals surface area contributed by atoms with Crippen molar-refractivity contribution in [1.82, 2.24) is 5.32 Å². The highest BCUT2D eigenvalue weighted by Crippen LogP contribution is 2.18. The molecule has 1 rings (SSSR count). The molecule has 0 unspecified atom stereocenters. The maximum atomic E-state index is 11.6. The van der Waals surface area contributed by atoms with E-state index in [0.717, 1.165) is 32.2 Å². The van der Waals surface area contributed by atoms with Gasteiger partial charge in [-0.15, -0.1) is 0 Å². The van der Waals surface area contributed by atoms with Crippen molar-refractivity contribution in [2.45, 2.75) is 51.2 Å². The molecule has 3 N–H and O–H groups in total. The first-order chi connectivity index (χ1) is 7.27. The predicted octanol–water partition coefficient (Wildman–Crippen LogP) is 0.799. The molecule has 1 heterocycles. The average molecular weight is 214 g/mol. The standard InChI is InChI=1S/C11H22N2O2/c1-2-3-4-7-13-11(14)10-6-5-9(8-12)15-10/h9-10H,2-8,12H2,1H3,(H,13,14)/t9-,10+/m1/s1. The van der Waals surface area contributed by atoms with E-state index >= 15 is 0 Å². The average Bonchev–Trinajstić information content (AvgIpc) is 2.72. The fraction of sp³-hybridized carbons (Fsp3) is 0.909. The van der Waals surface area contributed by atoms with Gasteiger partial charge in [-0.3, -0.25) is 4.79 Å². The molecule has 2 atom stereocenters. The molecule has 4 nitrogen and oxygen atoms in total. The van der Waals surface area contributed by atoms with Crippen LogP contribution in [0.1, 0.15) is 39.0 Å². The summed E-state index contributed by atoms with van der Waals surface area (Å²) in [4.78, 5) is 11.6. The number of hydrogen-bond donors (Lipinski definition) is 2. The number of rotatable bonds is 6. The fourth-order valence-electron chi connectivity index (χ4n) is 1.77. The van der Waals surface area contributed by atoms with Crippen molar-refractivity contribution < 1.29 is 9.53 Å². The van der Waals surface area contributed by atoms with Crippen LogP contribution >= 0.6 is 0 Å². The van der Waals surface area contributed by atoms with Gasteiger partial charge < -0.3 is 15.8 Å². The highest BCUT2D eigenvalue weighted by Gasteiger charge is 2.29. The van der Waals surface area contributed by atoms with Crippen LogP contribution in [0.4, 0.5) is 0 Å². The number of unbranched alkanes of at least 4 members (excludes halogenated alkanes) is 2. The summed E-state index contributed by atoms with van der Waals surface area (Å²) < 4.78 is 5.49. The zero-order valence-corrected chi connectivity index (χ0v) is 9.50. The molecular formula is C11H22N2O2. The van der Waals surface area contributed by atoms with Gasteiger partial charge in [0.15, 0.2) is 0 Å². The molecule has 1 saturated heterocycles. The molecule has 15 heavy (non-hydrogen) atoms. The van der Waals surface area contributed by atoms with E-state index in [1.54, 1.807) is 0 Å². The number of carbonyl (C=O) groups excluding carboxylic acids is 1. The van der Waals surface area contributed by atoms with E-state index in [9.17, 15) is 4.79 Å². The summed E-state index contributed by atoms with van der Waals surface area (Å²) in [6.07, 6.45) is 4.92. The van der Waals surface area contributed by atoms with Crippen molar-refractivity contribution in [3.63, 3.8) is 0 Å². The van der Waals surface area contributed by atoms with Crippen molar-refractivity contribution in [1.29, 1.82) is 0 Å². The number of nitrogens with one attached hydrogen (secondary N) is 1. The monoisotopic (exact) mass is 214 g/mol. The molecule has 88 valence electrons. The molecule has 0 bridgehead atoms. The Balaban J connectivity index is 2.12. The predicted molar refractivity (Wildman–Crippen MR) is 59.5 cm³/mol. The van der Waals surface area contributed by atoms with Gasteiger partial charge in [-0.25, -0.2) is 0 Å². The van der Waals surface area contributed by atoms with E-state index in [2.05, 4.69) is 12.2 Å². The lowest BCUT2D eigenvalue weighted by atomic mass is 10.2. The van der Waals surface area contributed by atoms with E-state index in [-0.39, 0.29) is 18.1 Å². The number of nitrogens with two attached hydrogens (primary N) is 1. The molecule has 1 aliphatic heterocycles. The van der Waals surface area contributed by atoms with Crippen LogP contribution in [0.15, 0.2) is 0 Å². The smallest absolute Gasteiger partial charge is 0.249 e. The Kier molecular flexibility index (Phi) is 5.65. The van der Waals surface area contributed by atoms with Gasteiger partial charge in [-0.2, -0.15) is 0 Å². The Morgan fingerprint density at radius 1 is 1.47 bits per heavy atom. The van der Waals surface area contributed by atoms with Crippen LogP contribution in [-0.4, -0.2) is 31.2 Å². The highest BCUT2D eigenvalue weighted by molar-refractivity contribution is 5.80. The molecule has 0 aromatic rings. The van der Waals surface area contributed by atoms with Gasteiger partial charge in [0, 0.05) is 13.1 Å². The molecule has 0 radical (unpaired) electrons. The Morgan fingerprint density at radius 3 is 2.87 bits per heavy atom. The molecule has 0 aromatic heterocycles. The van der Waals surface area contributed by atoms with Gasteiger partial charge in [0.05, 0.1) is 6.10 Å². The Bertz CT molecular complexity index is 197. The number of amides is 1. The van der Waals surface area contributed by atoms with Gasteiger partial charge in [0.2, 0.25) is 5.91 Å². The number of hydrogen-bond acceptors (Lipinski definition) is 3. The van der Waals surface area contributed by atoms with Crippen LogP contribution in [0.2, 0.25) is 0 Å². The maximum Gasteiger partial charge on any atom is 0.249 e. The van der Waals surface area contributed by atoms with E-state index < -0.39 is 0 Å². The Hall–Kier alpha value is -0.610. The molecular weight excluding hydrogens is 192 g/mol. The Morgan fingerprint density at radius 2 is 2.27 bits per heavy atom. The van der Waals surface area contributed by atoms with Crippen LogP contribution in [0, 0.1) is 0 Å². The van der Waals surface area contributed by atoms with Gasteiger partial charge >= 0.3 is 0 Å². The van der Waals surface area contributed by atoms with Crippen LogP contribution in [-0.2, 0) is 9.53 Å². The van der Waals surface area contributed by atoms with Gasteiger partial charge in [0.25, 0.3) is 0 Å². The minimum absolute atomic E-state index is 0.0297. The summed E-state index contributed by atoms with van der Waals surface area (Å²) in [7, 11) is 0. The zero-order chi connectivity index (χ0) is 11.1. The molecule has 1 aliphatic rings. The van der Waals surface area contributed by atoms with Crippen molar-refractivity contribution >= 4 is 5.91 Å². The summed E-state index contributed by atoms with van der Waals surface area (Å²) in [5.74, 6) is 0.0297. The zero-order valence-electron chi connectivity index (χ0n) is 9.50. The van der Waals surface area contributed by atoms with Crippen LogP contribution in [0.3, 0.4) is 0 Å². The molecule has 0 aromatic carbocycles. The molecule has 0 aliphatic carbocycles. The summed E-state index contributed by atoms with van der Waals surface area (Å²) in [5.41, 5.74) is 5.48. The number of carbonyl (C=O) groups is 1. The van der Waals surface area contributed by atoms with Crippen LogP contribution in [0.25, 0.3) is 0 Å². The number of ether oxygens (including phenoxy) is 1. The fourth-order valence-corrected chi connectivity index (χ4v) is 1.77. The highest BCUT2D eigenvalue weighted by atomic mass is 16.5. The lowest BCUT2D eigenvalue weighted by Gasteiger charge is -2.12. The lowest BCUT2D eigenvalue weighted by molar-refractivity contribution is -0.131. The summed E-state index contributed by atoms with van der Waals surface area (Å²) >= 11 is 0. The van der Waals surface area contributed by atoms with Gasteiger partial charge in [-0.05, 0) is 19.3 Å². The second-order valence-electron chi connectivity index (χ2n) is 4.06. The summed E-state index contributed by atoms with van der Waals surface area (Å²) in [5, 5.41) is 2.90. The molecule has 0 saturated carbocycles. The largest absolute Gasteiger partial charge is 0.364 e. The quantitative estimate of drug-likeness (QED) is 0.643. The van der Waals surface area contributed by atoms with Crippen molar-refractivity contribution in [2.75, 3.05) is 13.1 Å².